The number of imidazole rings is 1. The van der Waals surface area contributed by atoms with Crippen LogP contribution >= 0.6 is 0 Å². The highest BCUT2D eigenvalue weighted by Gasteiger charge is 2.17. The van der Waals surface area contributed by atoms with Gasteiger partial charge in [0.15, 0.2) is 5.96 Å². The van der Waals surface area contributed by atoms with E-state index in [9.17, 15) is 0 Å². The van der Waals surface area contributed by atoms with Crippen molar-refractivity contribution in [3.63, 3.8) is 0 Å². The van der Waals surface area contributed by atoms with Crippen LogP contribution in [-0.2, 0) is 13.6 Å². The van der Waals surface area contributed by atoms with E-state index in [1.54, 1.807) is 6.33 Å². The molecule has 1 saturated heterocycles. The predicted octanol–water partition coefficient (Wildman–Crippen LogP) is 0.967. The Labute approximate surface area is 102 Å². The van der Waals surface area contributed by atoms with Crippen LogP contribution < -0.4 is 5.73 Å². The summed E-state index contributed by atoms with van der Waals surface area (Å²) >= 11 is 0. The van der Waals surface area contributed by atoms with Crippen molar-refractivity contribution in [1.82, 2.24) is 14.5 Å². The average molecular weight is 235 g/mol. The molecule has 0 spiro atoms. The number of hydrogen-bond donors (Lipinski definition) is 1. The second-order valence-electron chi connectivity index (χ2n) is 4.86. The monoisotopic (exact) mass is 235 g/mol. The number of nitrogens with two attached hydrogens (primary N) is 1. The number of likely N-dealkylation sites (tertiary alicyclic amines) is 1. The van der Waals surface area contributed by atoms with E-state index in [2.05, 4.69) is 21.8 Å². The van der Waals surface area contributed by atoms with E-state index in [0.717, 1.165) is 18.8 Å². The summed E-state index contributed by atoms with van der Waals surface area (Å²) in [5.74, 6) is 1.38. The molecule has 2 heterocycles. The zero-order valence-electron chi connectivity index (χ0n) is 10.6. The molecule has 0 bridgehead atoms. The lowest BCUT2D eigenvalue weighted by molar-refractivity contribution is 0.270. The summed E-state index contributed by atoms with van der Waals surface area (Å²) in [6.07, 6.45) is 6.12. The van der Waals surface area contributed by atoms with Gasteiger partial charge < -0.3 is 15.2 Å². The molecular weight excluding hydrogens is 214 g/mol. The molecule has 0 aliphatic carbocycles. The molecule has 5 nitrogen and oxygen atoms in total. The second kappa shape index (κ2) is 5.21. The number of aryl methyl sites for hydroxylation is 1. The van der Waals surface area contributed by atoms with E-state index in [1.807, 2.05) is 17.8 Å². The maximum Gasteiger partial charge on any atom is 0.191 e. The maximum atomic E-state index is 6.02. The minimum Gasteiger partial charge on any atom is -0.370 e. The minimum atomic E-state index is 0.604. The van der Waals surface area contributed by atoms with Gasteiger partial charge in [-0.3, -0.25) is 0 Å². The maximum absolute atomic E-state index is 6.02. The lowest BCUT2D eigenvalue weighted by atomic mass is 10.0. The third-order valence-electron chi connectivity index (χ3n) is 3.30. The van der Waals surface area contributed by atoms with Gasteiger partial charge in [-0.15, -0.1) is 0 Å². The van der Waals surface area contributed by atoms with Gasteiger partial charge in [-0.05, 0) is 18.8 Å². The van der Waals surface area contributed by atoms with Gasteiger partial charge in [0.2, 0.25) is 0 Å². The van der Waals surface area contributed by atoms with E-state index in [0.29, 0.717) is 18.4 Å². The van der Waals surface area contributed by atoms with Gasteiger partial charge in [-0.2, -0.15) is 0 Å². The van der Waals surface area contributed by atoms with Gasteiger partial charge in [0.25, 0.3) is 0 Å². The van der Waals surface area contributed by atoms with Crippen LogP contribution in [-0.4, -0.2) is 33.5 Å². The van der Waals surface area contributed by atoms with Crippen molar-refractivity contribution in [3.05, 3.63) is 18.2 Å². The first-order chi connectivity index (χ1) is 8.16. The summed E-state index contributed by atoms with van der Waals surface area (Å²) in [6, 6.07) is 0. The molecule has 5 heteroatoms. The Hall–Kier alpha value is -1.52. The molecule has 2 rings (SSSR count). The Kier molecular flexibility index (Phi) is 3.66. The highest BCUT2D eigenvalue weighted by atomic mass is 15.3. The molecule has 1 aromatic heterocycles. The fraction of sp³-hybridized carbons (Fsp3) is 0.667. The van der Waals surface area contributed by atoms with Crippen LogP contribution in [0.1, 0.15) is 25.5 Å². The van der Waals surface area contributed by atoms with Crippen LogP contribution in [0.4, 0.5) is 0 Å². The standard InChI is InChI=1S/C12H21N5/c1-10-4-3-5-17(8-10)12(13)15-7-11-6-14-9-16(11)2/h6,9-10H,3-5,7-8H2,1-2H3,(H2,13,15). The summed E-state index contributed by atoms with van der Waals surface area (Å²) in [4.78, 5) is 10.7. The average Bonchev–Trinajstić information content (AvgIpc) is 2.72. The van der Waals surface area contributed by atoms with Crippen LogP contribution in [0.25, 0.3) is 0 Å². The SMILES string of the molecule is CC1CCCN(C(N)=NCc2cncn2C)C1. The van der Waals surface area contributed by atoms with E-state index < -0.39 is 0 Å². The summed E-state index contributed by atoms with van der Waals surface area (Å²) in [5, 5.41) is 0. The summed E-state index contributed by atoms with van der Waals surface area (Å²) in [6.45, 7) is 4.93. The van der Waals surface area contributed by atoms with E-state index in [-0.39, 0.29) is 0 Å². The summed E-state index contributed by atoms with van der Waals surface area (Å²) in [7, 11) is 1.97. The van der Waals surface area contributed by atoms with Gasteiger partial charge >= 0.3 is 0 Å². The summed E-state index contributed by atoms with van der Waals surface area (Å²) < 4.78 is 1.97. The molecule has 94 valence electrons. The van der Waals surface area contributed by atoms with E-state index >= 15 is 0 Å². The van der Waals surface area contributed by atoms with Crippen molar-refractivity contribution in [2.45, 2.75) is 26.3 Å². The molecule has 17 heavy (non-hydrogen) atoms. The van der Waals surface area contributed by atoms with Crippen molar-refractivity contribution in [1.29, 1.82) is 0 Å². The highest BCUT2D eigenvalue weighted by molar-refractivity contribution is 5.78. The Bertz CT molecular complexity index is 395. The Balaban J connectivity index is 1.95. The quantitative estimate of drug-likeness (QED) is 0.613. The van der Waals surface area contributed by atoms with Crippen LogP contribution in [0.15, 0.2) is 17.5 Å². The van der Waals surface area contributed by atoms with Crippen molar-refractivity contribution in [3.8, 4) is 0 Å². The molecule has 1 fully saturated rings. The molecular formula is C12H21N5. The third kappa shape index (κ3) is 2.99. The first-order valence-electron chi connectivity index (χ1n) is 6.17. The Morgan fingerprint density at radius 1 is 1.65 bits per heavy atom. The van der Waals surface area contributed by atoms with Crippen molar-refractivity contribution in [2.75, 3.05) is 13.1 Å². The molecule has 0 saturated carbocycles. The summed E-state index contributed by atoms with van der Waals surface area (Å²) in [5.41, 5.74) is 7.11. The van der Waals surface area contributed by atoms with Gasteiger partial charge in [0.1, 0.15) is 0 Å². The lowest BCUT2D eigenvalue weighted by Crippen LogP contribution is -2.43. The molecule has 0 radical (unpaired) electrons. The first-order valence-corrected chi connectivity index (χ1v) is 6.17. The highest BCUT2D eigenvalue weighted by Crippen LogP contribution is 2.15. The lowest BCUT2D eigenvalue weighted by Gasteiger charge is -2.31. The fourth-order valence-electron chi connectivity index (χ4n) is 2.20. The zero-order valence-corrected chi connectivity index (χ0v) is 10.6. The number of hydrogen-bond acceptors (Lipinski definition) is 2. The number of aliphatic imine (C=N–C) groups is 1. The topological polar surface area (TPSA) is 59.4 Å². The molecule has 1 aliphatic heterocycles. The first kappa shape index (κ1) is 12.0. The normalized spacial score (nSPS) is 21.9. The van der Waals surface area contributed by atoms with Gasteiger partial charge in [0.05, 0.1) is 24.8 Å². The zero-order chi connectivity index (χ0) is 12.3. The molecule has 0 amide bonds. The molecule has 1 unspecified atom stereocenters. The van der Waals surface area contributed by atoms with Gasteiger partial charge in [-0.1, -0.05) is 6.92 Å². The number of aromatic nitrogens is 2. The predicted molar refractivity (Wildman–Crippen MR) is 68.5 cm³/mol. The minimum absolute atomic E-state index is 0.604. The Morgan fingerprint density at radius 3 is 3.12 bits per heavy atom. The van der Waals surface area contributed by atoms with Crippen LogP contribution in [0.3, 0.4) is 0 Å². The molecule has 1 aliphatic rings. The fourth-order valence-corrected chi connectivity index (χ4v) is 2.20. The van der Waals surface area contributed by atoms with Crippen LogP contribution in [0.5, 0.6) is 0 Å². The molecule has 2 N–H and O–H groups in total. The molecule has 1 atom stereocenters. The number of guanidine groups is 1. The Morgan fingerprint density at radius 2 is 2.47 bits per heavy atom. The third-order valence-corrected chi connectivity index (χ3v) is 3.30. The number of rotatable bonds is 2. The van der Waals surface area contributed by atoms with Crippen molar-refractivity contribution < 1.29 is 0 Å². The van der Waals surface area contributed by atoms with Crippen molar-refractivity contribution >= 4 is 5.96 Å². The van der Waals surface area contributed by atoms with Gasteiger partial charge in [-0.25, -0.2) is 9.98 Å². The van der Waals surface area contributed by atoms with Gasteiger partial charge in [0, 0.05) is 20.1 Å². The number of piperidine rings is 1. The largest absolute Gasteiger partial charge is 0.370 e. The number of nitrogens with zero attached hydrogens (tertiary/aromatic N) is 4. The van der Waals surface area contributed by atoms with Crippen LogP contribution in [0, 0.1) is 5.92 Å². The van der Waals surface area contributed by atoms with Crippen LogP contribution in [0.2, 0.25) is 0 Å². The van der Waals surface area contributed by atoms with E-state index in [4.69, 9.17) is 5.73 Å². The van der Waals surface area contributed by atoms with E-state index in [1.165, 1.54) is 12.8 Å². The van der Waals surface area contributed by atoms with Crippen molar-refractivity contribution in [2.24, 2.45) is 23.7 Å². The molecule has 0 aromatic carbocycles. The molecule has 1 aromatic rings. The smallest absolute Gasteiger partial charge is 0.191 e. The second-order valence-corrected chi connectivity index (χ2v) is 4.86.